The van der Waals surface area contributed by atoms with Crippen LogP contribution in [0.25, 0.3) is 0 Å². The van der Waals surface area contributed by atoms with Crippen molar-refractivity contribution in [1.82, 2.24) is 5.32 Å². The normalized spacial score (nSPS) is 9.86. The van der Waals surface area contributed by atoms with E-state index in [-0.39, 0.29) is 16.5 Å². The molecule has 0 radical (unpaired) electrons. The molecule has 0 aliphatic heterocycles. The number of primary amides is 1. The average molecular weight is 213 g/mol. The summed E-state index contributed by atoms with van der Waals surface area (Å²) >= 11 is 1.07. The number of anilines is 1. The molecule has 0 atom stereocenters. The zero-order chi connectivity index (χ0) is 10.9. The first-order valence-electron chi connectivity index (χ1n) is 3.89. The van der Waals surface area contributed by atoms with Crippen molar-refractivity contribution in [1.29, 1.82) is 0 Å². The molecule has 0 bridgehead atoms. The highest BCUT2D eigenvalue weighted by atomic mass is 32.1. The van der Waals surface area contributed by atoms with Crippen LogP contribution in [0.4, 0.5) is 5.00 Å². The van der Waals surface area contributed by atoms with Crippen LogP contribution >= 0.6 is 11.3 Å². The summed E-state index contributed by atoms with van der Waals surface area (Å²) in [5.74, 6) is -0.863. The van der Waals surface area contributed by atoms with Crippen molar-refractivity contribution in [2.45, 2.75) is 6.92 Å². The fourth-order valence-corrected chi connectivity index (χ4v) is 2.20. The Morgan fingerprint density at radius 2 is 2.00 bits per heavy atom. The molecule has 1 aromatic heterocycles. The number of carbonyl (C=O) groups is 2. The Morgan fingerprint density at radius 3 is 2.36 bits per heavy atom. The molecule has 5 N–H and O–H groups in total. The molecule has 1 aromatic rings. The van der Waals surface area contributed by atoms with Gasteiger partial charge in [-0.2, -0.15) is 0 Å². The third-order valence-corrected chi connectivity index (χ3v) is 2.97. The van der Waals surface area contributed by atoms with E-state index in [1.54, 1.807) is 6.92 Å². The van der Waals surface area contributed by atoms with Gasteiger partial charge in [0.1, 0.15) is 0 Å². The van der Waals surface area contributed by atoms with Crippen LogP contribution in [-0.4, -0.2) is 18.9 Å². The molecular formula is C8H11N3O2S. The number of thiophene rings is 1. The van der Waals surface area contributed by atoms with E-state index in [9.17, 15) is 9.59 Å². The summed E-state index contributed by atoms with van der Waals surface area (Å²) in [7, 11) is 1.52. The van der Waals surface area contributed by atoms with Gasteiger partial charge in [-0.3, -0.25) is 9.59 Å². The molecule has 2 amide bonds. The van der Waals surface area contributed by atoms with Gasteiger partial charge in [-0.25, -0.2) is 0 Å². The van der Waals surface area contributed by atoms with Gasteiger partial charge in [0.15, 0.2) is 0 Å². The number of rotatable bonds is 2. The van der Waals surface area contributed by atoms with Gasteiger partial charge in [0.2, 0.25) is 0 Å². The lowest BCUT2D eigenvalue weighted by molar-refractivity contribution is 0.0966. The van der Waals surface area contributed by atoms with Crippen molar-refractivity contribution in [2.75, 3.05) is 12.8 Å². The van der Waals surface area contributed by atoms with Crippen molar-refractivity contribution >= 4 is 28.2 Å². The number of carbonyl (C=O) groups excluding carboxylic acids is 2. The fourth-order valence-electron chi connectivity index (χ4n) is 1.17. The molecule has 76 valence electrons. The first kappa shape index (κ1) is 10.5. The number of nitrogens with one attached hydrogen (secondary N) is 1. The summed E-state index contributed by atoms with van der Waals surface area (Å²) < 4.78 is 0. The second-order valence-electron chi connectivity index (χ2n) is 2.74. The zero-order valence-corrected chi connectivity index (χ0v) is 8.70. The summed E-state index contributed by atoms with van der Waals surface area (Å²) in [5.41, 5.74) is 11.5. The summed E-state index contributed by atoms with van der Waals surface area (Å²) in [5, 5.41) is 2.75. The molecule has 0 saturated carbocycles. The summed E-state index contributed by atoms with van der Waals surface area (Å²) in [6.07, 6.45) is 0. The number of nitrogens with two attached hydrogens (primary N) is 2. The van der Waals surface area contributed by atoms with Gasteiger partial charge in [0.05, 0.1) is 15.4 Å². The van der Waals surface area contributed by atoms with E-state index in [2.05, 4.69) is 5.32 Å². The largest absolute Gasteiger partial charge is 0.390 e. The van der Waals surface area contributed by atoms with E-state index in [1.807, 2.05) is 0 Å². The molecule has 0 saturated heterocycles. The molecule has 0 aliphatic rings. The van der Waals surface area contributed by atoms with Gasteiger partial charge in [0.25, 0.3) is 11.8 Å². The Balaban J connectivity index is 3.30. The Morgan fingerprint density at radius 1 is 1.43 bits per heavy atom. The summed E-state index contributed by atoms with van der Waals surface area (Å²) in [6.45, 7) is 1.65. The Labute approximate surface area is 85.1 Å². The predicted octanol–water partition coefficient (Wildman–Crippen LogP) is 0.0972. The lowest BCUT2D eigenvalue weighted by atomic mass is 10.1. The maximum atomic E-state index is 11.3. The van der Waals surface area contributed by atoms with Crippen LogP contribution in [0.15, 0.2) is 0 Å². The number of hydrogen-bond acceptors (Lipinski definition) is 4. The molecule has 0 unspecified atom stereocenters. The van der Waals surface area contributed by atoms with Gasteiger partial charge >= 0.3 is 0 Å². The zero-order valence-electron chi connectivity index (χ0n) is 7.88. The van der Waals surface area contributed by atoms with Gasteiger partial charge in [-0.15, -0.1) is 11.3 Å². The van der Waals surface area contributed by atoms with Crippen molar-refractivity contribution in [3.8, 4) is 0 Å². The van der Waals surface area contributed by atoms with E-state index in [0.29, 0.717) is 10.4 Å². The highest BCUT2D eigenvalue weighted by Crippen LogP contribution is 2.29. The Bertz CT molecular complexity index is 398. The molecule has 14 heavy (non-hydrogen) atoms. The second kappa shape index (κ2) is 3.67. The standard InChI is InChI=1S/C8H11N3O2S/c1-3-4(6(9)12)7(10)14-5(3)8(13)11-2/h10H2,1-2H3,(H2,9,12)(H,11,13). The average Bonchev–Trinajstić information content (AvgIpc) is 2.40. The Kier molecular flexibility index (Phi) is 2.76. The van der Waals surface area contributed by atoms with Crippen molar-refractivity contribution in [3.05, 3.63) is 16.0 Å². The van der Waals surface area contributed by atoms with Gasteiger partial charge in [-0.05, 0) is 12.5 Å². The molecule has 0 aromatic carbocycles. The van der Waals surface area contributed by atoms with Crippen molar-refractivity contribution in [2.24, 2.45) is 5.73 Å². The minimum absolute atomic E-state index is 0.244. The maximum Gasteiger partial charge on any atom is 0.261 e. The molecule has 0 spiro atoms. The monoisotopic (exact) mass is 213 g/mol. The van der Waals surface area contributed by atoms with Crippen molar-refractivity contribution < 1.29 is 9.59 Å². The second-order valence-corrected chi connectivity index (χ2v) is 3.79. The molecule has 0 aliphatic carbocycles. The van der Waals surface area contributed by atoms with Gasteiger partial charge in [0, 0.05) is 7.05 Å². The topological polar surface area (TPSA) is 98.2 Å². The van der Waals surface area contributed by atoms with E-state index in [4.69, 9.17) is 11.5 Å². The van der Waals surface area contributed by atoms with Crippen LogP contribution in [0.5, 0.6) is 0 Å². The minimum Gasteiger partial charge on any atom is -0.390 e. The van der Waals surface area contributed by atoms with E-state index in [1.165, 1.54) is 7.05 Å². The first-order valence-corrected chi connectivity index (χ1v) is 4.71. The molecule has 5 nitrogen and oxygen atoms in total. The summed E-state index contributed by atoms with van der Waals surface area (Å²) in [6, 6.07) is 0. The lowest BCUT2D eigenvalue weighted by Gasteiger charge is -1.97. The number of nitrogen functional groups attached to an aromatic ring is 1. The van der Waals surface area contributed by atoms with E-state index < -0.39 is 5.91 Å². The molecule has 1 heterocycles. The van der Waals surface area contributed by atoms with Crippen LogP contribution in [-0.2, 0) is 0 Å². The number of amides is 2. The van der Waals surface area contributed by atoms with Crippen LogP contribution < -0.4 is 16.8 Å². The van der Waals surface area contributed by atoms with Crippen LogP contribution in [0.1, 0.15) is 25.6 Å². The third-order valence-electron chi connectivity index (χ3n) is 1.85. The lowest BCUT2D eigenvalue weighted by Crippen LogP contribution is -2.18. The highest BCUT2D eigenvalue weighted by Gasteiger charge is 2.20. The summed E-state index contributed by atoms with van der Waals surface area (Å²) in [4.78, 5) is 22.7. The predicted molar refractivity (Wildman–Crippen MR) is 55.4 cm³/mol. The number of hydrogen-bond donors (Lipinski definition) is 3. The minimum atomic E-state index is -0.605. The Hall–Kier alpha value is -1.56. The maximum absolute atomic E-state index is 11.3. The van der Waals surface area contributed by atoms with Gasteiger partial charge < -0.3 is 16.8 Å². The highest BCUT2D eigenvalue weighted by molar-refractivity contribution is 7.18. The van der Waals surface area contributed by atoms with Crippen molar-refractivity contribution in [3.63, 3.8) is 0 Å². The van der Waals surface area contributed by atoms with Crippen LogP contribution in [0, 0.1) is 6.92 Å². The third kappa shape index (κ3) is 1.56. The SMILES string of the molecule is CNC(=O)c1sc(N)c(C(N)=O)c1C. The quantitative estimate of drug-likeness (QED) is 0.649. The molecule has 0 fully saturated rings. The van der Waals surface area contributed by atoms with Crippen LogP contribution in [0.2, 0.25) is 0 Å². The fraction of sp³-hybridized carbons (Fsp3) is 0.250. The van der Waals surface area contributed by atoms with E-state index in [0.717, 1.165) is 11.3 Å². The molecule has 1 rings (SSSR count). The molecule has 6 heteroatoms. The smallest absolute Gasteiger partial charge is 0.261 e. The van der Waals surface area contributed by atoms with Gasteiger partial charge in [-0.1, -0.05) is 0 Å². The van der Waals surface area contributed by atoms with Crippen LogP contribution in [0.3, 0.4) is 0 Å². The first-order chi connectivity index (χ1) is 6.49. The van der Waals surface area contributed by atoms with E-state index >= 15 is 0 Å². The molecular weight excluding hydrogens is 202 g/mol.